The van der Waals surface area contributed by atoms with Crippen LogP contribution in [-0.4, -0.2) is 41.9 Å². The summed E-state index contributed by atoms with van der Waals surface area (Å²) in [6.07, 6.45) is 0. The van der Waals surface area contributed by atoms with Crippen molar-refractivity contribution in [2.24, 2.45) is 42.3 Å². The van der Waals surface area contributed by atoms with E-state index in [4.69, 9.17) is 12.3 Å². The lowest BCUT2D eigenvalue weighted by Crippen LogP contribution is -2.35. The van der Waals surface area contributed by atoms with Crippen LogP contribution in [0, 0.1) is 82.9 Å². The first kappa shape index (κ1) is 53.5. The van der Waals surface area contributed by atoms with Crippen LogP contribution in [0.25, 0.3) is 128 Å². The maximum absolute atomic E-state index is 7.89. The zero-order chi connectivity index (χ0) is 75.7. The van der Waals surface area contributed by atoms with Gasteiger partial charge in [-0.05, 0) is 152 Å². The minimum absolute atomic E-state index is 0.153. The van der Waals surface area contributed by atoms with Gasteiger partial charge < -0.3 is 13.7 Å². The quantitative estimate of drug-likeness (QED) is 0.142. The Morgan fingerprint density at radius 3 is 1.31 bits per heavy atom. The van der Waals surface area contributed by atoms with Gasteiger partial charge in [0.1, 0.15) is 38.2 Å². The van der Waals surface area contributed by atoms with Gasteiger partial charge in [0.2, 0.25) is 51.5 Å². The van der Waals surface area contributed by atoms with E-state index in [0.29, 0.717) is 34.4 Å². The molecular weight excluding hydrogens is 1210 g/mol. The van der Waals surface area contributed by atoms with Gasteiger partial charge in [0.15, 0.2) is 0 Å². The molecule has 16 rings (SSSR count). The Morgan fingerprint density at radius 1 is 0.340 bits per heavy atom. The highest BCUT2D eigenvalue weighted by Gasteiger charge is 2.31. The maximum atomic E-state index is 7.89. The third kappa shape index (κ3) is 10.5. The van der Waals surface area contributed by atoms with Gasteiger partial charge in [-0.1, -0.05) is 121 Å². The van der Waals surface area contributed by atoms with Gasteiger partial charge >= 0.3 is 0 Å². The van der Waals surface area contributed by atoms with Crippen LogP contribution < -0.4 is 13.7 Å². The highest BCUT2D eigenvalue weighted by atomic mass is 32.1. The second-order valence-corrected chi connectivity index (χ2v) is 26.7. The Morgan fingerprint density at radius 2 is 0.773 bits per heavy atom. The number of imidazole rings is 6. The Bertz CT molecular complexity index is 6170. The molecule has 16 aromatic rings. The molecule has 0 unspecified atom stereocenters. The Kier molecular flexibility index (Phi) is 13.7. The van der Waals surface area contributed by atoms with Crippen LogP contribution >= 0.6 is 11.3 Å². The molecule has 0 bridgehead atoms. The standard InChI is InChI=1S/C28H27N4S.2C28H29N4/c1-16-14-15-21-20-10-7-8-13-24(20)33-27(21)25(16)22-11-9-12-23(30(22)5)26-19(4)32-18(3)17(2)29-28(32)31(26)6;1-18-12-10-11-15-24(18)25-16-23(22-13-8-7-9-14-22)17-26(30(25)5)27-21(4)32-20(3)19(2)29-28(32)31(27)6;1-18-15-16-23(22-11-8-7-9-12-22)17-24(18)25-13-10-14-26(30(25)5)27-21(4)32-20(3)19(2)29-28(32)31(27)6/h7-15H,1-6H3;2*7-17H,1-6H3/q3*+1/i3*2D3. The van der Waals surface area contributed by atoms with Gasteiger partial charge in [0, 0.05) is 118 Å². The van der Waals surface area contributed by atoms with Gasteiger partial charge in [0.25, 0.3) is 0 Å². The van der Waals surface area contributed by atoms with Crippen molar-refractivity contribution in [3.05, 3.63) is 256 Å². The van der Waals surface area contributed by atoms with Crippen molar-refractivity contribution in [2.75, 3.05) is 0 Å². The van der Waals surface area contributed by atoms with Crippen molar-refractivity contribution >= 4 is 48.8 Å². The fraction of sp³-hybridized carbons (Fsp3) is 0.214. The summed E-state index contributed by atoms with van der Waals surface area (Å²) >= 11 is 1.84. The smallest absolute Gasteiger partial charge is 0.231 e. The van der Waals surface area contributed by atoms with Crippen LogP contribution in [0.2, 0.25) is 0 Å². The lowest BCUT2D eigenvalue weighted by atomic mass is 9.97. The molecule has 0 saturated carbocycles. The molecule has 10 heterocycles. The van der Waals surface area contributed by atoms with Crippen molar-refractivity contribution in [3.63, 3.8) is 0 Å². The van der Waals surface area contributed by atoms with Gasteiger partial charge in [-0.3, -0.25) is 13.2 Å². The molecule has 0 spiro atoms. The zero-order valence-electron chi connectivity index (χ0n) is 66.7. The fourth-order valence-corrected chi connectivity index (χ4v) is 15.9. The minimum atomic E-state index is -2.25. The van der Waals surface area contributed by atoms with E-state index in [-0.39, 0.29) is 17.1 Å². The summed E-state index contributed by atoms with van der Waals surface area (Å²) in [6.45, 7) is 11.3. The summed E-state index contributed by atoms with van der Waals surface area (Å²) in [5.74, 6) is 1.90. The largest absolute Gasteiger partial charge is 0.308 e. The van der Waals surface area contributed by atoms with Crippen molar-refractivity contribution in [1.82, 2.24) is 41.9 Å². The normalized spacial score (nSPS) is 13.4. The zero-order valence-corrected chi connectivity index (χ0v) is 58.5. The third-order valence-electron chi connectivity index (χ3n) is 19.9. The summed E-state index contributed by atoms with van der Waals surface area (Å²) in [7, 11) is 12.1. The van der Waals surface area contributed by atoms with E-state index in [1.54, 1.807) is 0 Å². The van der Waals surface area contributed by atoms with E-state index in [2.05, 4.69) is 246 Å². The first-order valence-corrected chi connectivity index (χ1v) is 33.5. The minimum Gasteiger partial charge on any atom is -0.308 e. The Hall–Kier alpha value is -10.8. The molecule has 0 aliphatic carbocycles. The number of thiophene rings is 1. The summed E-state index contributed by atoms with van der Waals surface area (Å²) < 4.78 is 91.9. The molecule has 10 aromatic heterocycles. The van der Waals surface area contributed by atoms with Crippen LogP contribution in [0.1, 0.15) is 80.3 Å². The monoisotopic (exact) mass is 1300 g/mol. The van der Waals surface area contributed by atoms with Gasteiger partial charge in [-0.25, -0.2) is 15.0 Å². The Labute approximate surface area is 585 Å². The average molecular weight is 1300 g/mol. The lowest BCUT2D eigenvalue weighted by Gasteiger charge is -2.12. The number of aryl methyl sites for hydroxylation is 15. The number of hydrogen-bond donors (Lipinski definition) is 0. The van der Waals surface area contributed by atoms with E-state index < -0.39 is 20.6 Å². The number of hydrogen-bond acceptors (Lipinski definition) is 4. The first-order valence-electron chi connectivity index (χ1n) is 37.1. The van der Waals surface area contributed by atoms with E-state index in [0.717, 1.165) is 79.5 Å². The summed E-state index contributed by atoms with van der Waals surface area (Å²) in [5.41, 5.74) is 26.7. The lowest BCUT2D eigenvalue weighted by molar-refractivity contribution is -0.649. The molecule has 484 valence electrons. The van der Waals surface area contributed by atoms with Crippen LogP contribution in [-0.2, 0) is 42.3 Å². The van der Waals surface area contributed by atoms with E-state index >= 15 is 0 Å². The van der Waals surface area contributed by atoms with E-state index in [9.17, 15) is 0 Å². The van der Waals surface area contributed by atoms with Crippen molar-refractivity contribution in [1.29, 1.82) is 0 Å². The number of aromatic nitrogens is 12. The SMILES string of the molecule is [2H]C([2H])([2H])c1nc2n(C)c(-c3cc(-c4ccccc4)cc(-c4ccccc4C)[n+]3C)c(C)n2c1C.[2H]C([2H])([2H])c1nc2n(C)c(-c3cccc(-c4c(C)ccc5c4sc4ccccc45)[n+]3C)c(C)n2c1C.[2H]C([2H])([2H])c1nc2n(C)c(-c3cccc(-c4cc(-c5ccccc5)ccc4C)[n+]3C)c(C)n2c1C. The summed E-state index contributed by atoms with van der Waals surface area (Å²) in [4.78, 5) is 13.6. The van der Waals surface area contributed by atoms with Gasteiger partial charge in [0.05, 0.1) is 39.7 Å². The van der Waals surface area contributed by atoms with E-state index in [1.165, 1.54) is 64.7 Å². The van der Waals surface area contributed by atoms with Crippen molar-refractivity contribution in [2.45, 2.75) is 82.9 Å². The number of nitrogens with zero attached hydrogens (tertiary/aromatic N) is 12. The maximum Gasteiger partial charge on any atom is 0.231 e. The van der Waals surface area contributed by atoms with Crippen LogP contribution in [0.15, 0.2) is 188 Å². The molecule has 0 aliphatic rings. The predicted octanol–water partition coefficient (Wildman–Crippen LogP) is 17.9. The molecule has 6 aromatic carbocycles. The molecular formula is C84H85N12S+3. The second-order valence-electron chi connectivity index (χ2n) is 25.6. The van der Waals surface area contributed by atoms with E-state index in [1.807, 2.05) is 113 Å². The summed E-state index contributed by atoms with van der Waals surface area (Å²) in [6, 6.07) is 66.0. The van der Waals surface area contributed by atoms with Gasteiger partial charge in [-0.2, -0.15) is 13.7 Å². The van der Waals surface area contributed by atoms with Crippen LogP contribution in [0.3, 0.4) is 0 Å². The second kappa shape index (κ2) is 24.8. The first-order chi connectivity index (χ1) is 50.3. The number of fused-ring (bicyclic) bond motifs is 6. The van der Waals surface area contributed by atoms with Crippen molar-refractivity contribution < 1.29 is 26.0 Å². The third-order valence-corrected chi connectivity index (χ3v) is 21.1. The van der Waals surface area contributed by atoms with Crippen molar-refractivity contribution in [3.8, 4) is 90.2 Å². The highest BCUT2D eigenvalue weighted by molar-refractivity contribution is 7.26. The molecule has 12 nitrogen and oxygen atoms in total. The molecule has 0 radical (unpaired) electrons. The number of benzene rings is 6. The number of pyridine rings is 3. The van der Waals surface area contributed by atoms with Crippen LogP contribution in [0.4, 0.5) is 0 Å². The molecule has 0 atom stereocenters. The molecule has 0 saturated heterocycles. The molecule has 0 aliphatic heterocycles. The van der Waals surface area contributed by atoms with Gasteiger partial charge in [-0.15, -0.1) is 11.3 Å². The highest BCUT2D eigenvalue weighted by Crippen LogP contribution is 2.42. The predicted molar refractivity (Wildman–Crippen MR) is 399 cm³/mol. The van der Waals surface area contributed by atoms with Crippen LogP contribution in [0.5, 0.6) is 0 Å². The molecule has 0 amide bonds. The number of rotatable bonds is 8. The fourth-order valence-electron chi connectivity index (χ4n) is 14.6. The average Bonchev–Trinajstić information content (AvgIpc) is 1.58. The molecule has 0 N–H and O–H groups in total. The topological polar surface area (TPSA) is 78.3 Å². The molecule has 0 fully saturated rings. The Balaban J connectivity index is 0.000000134. The molecule has 13 heteroatoms. The molecule has 97 heavy (non-hydrogen) atoms. The summed E-state index contributed by atoms with van der Waals surface area (Å²) in [5, 5.41) is 2.57.